The van der Waals surface area contributed by atoms with Crippen molar-refractivity contribution in [3.05, 3.63) is 108 Å². The van der Waals surface area contributed by atoms with Crippen LogP contribution >= 0.6 is 0 Å². The maximum atomic E-state index is 13.7. The van der Waals surface area contributed by atoms with Gasteiger partial charge in [-0.3, -0.25) is 9.30 Å². The number of rotatable bonds is 9. The van der Waals surface area contributed by atoms with E-state index in [4.69, 9.17) is 9.97 Å². The van der Waals surface area contributed by atoms with Crippen LogP contribution in [0.25, 0.3) is 28.3 Å². The molecule has 0 aliphatic rings. The molecule has 0 spiro atoms. The van der Waals surface area contributed by atoms with E-state index in [1.54, 1.807) is 18.3 Å². The first-order chi connectivity index (χ1) is 18.1. The Morgan fingerprint density at radius 3 is 2.51 bits per heavy atom. The number of aromatic nitrogens is 4. The first kappa shape index (κ1) is 24.7. The largest absolute Gasteiger partial charge is 0.395 e. The van der Waals surface area contributed by atoms with Crippen LogP contribution in [0.4, 0.5) is 4.39 Å². The summed E-state index contributed by atoms with van der Waals surface area (Å²) in [6, 6.07) is 22.6. The fourth-order valence-electron chi connectivity index (χ4n) is 4.59. The number of pyridine rings is 1. The Balaban J connectivity index is 1.62. The summed E-state index contributed by atoms with van der Waals surface area (Å²) in [5.41, 5.74) is 6.16. The summed E-state index contributed by atoms with van der Waals surface area (Å²) >= 11 is 0. The number of aliphatic hydroxyl groups excluding tert-OH is 1. The normalized spacial score (nSPS) is 12.4. The first-order valence-electron chi connectivity index (χ1n) is 12.6. The van der Waals surface area contributed by atoms with Crippen LogP contribution in [0.2, 0.25) is 0 Å². The van der Waals surface area contributed by atoms with E-state index in [-0.39, 0.29) is 18.3 Å². The van der Waals surface area contributed by atoms with Crippen LogP contribution in [0.5, 0.6) is 0 Å². The molecule has 1 atom stereocenters. The van der Waals surface area contributed by atoms with E-state index >= 15 is 0 Å². The Bertz CT molecular complexity index is 1480. The molecule has 0 bridgehead atoms. The zero-order valence-electron chi connectivity index (χ0n) is 21.0. The van der Waals surface area contributed by atoms with Gasteiger partial charge in [-0.25, -0.2) is 19.3 Å². The lowest BCUT2D eigenvalue weighted by Crippen LogP contribution is -2.26. The van der Waals surface area contributed by atoms with Crippen molar-refractivity contribution in [2.45, 2.75) is 26.3 Å². The van der Waals surface area contributed by atoms with Gasteiger partial charge in [0.1, 0.15) is 17.3 Å². The molecule has 0 amide bonds. The predicted molar refractivity (Wildman–Crippen MR) is 144 cm³/mol. The molecular formula is C30H30FN5O. The van der Waals surface area contributed by atoms with Crippen molar-refractivity contribution in [1.29, 1.82) is 0 Å². The average molecular weight is 496 g/mol. The van der Waals surface area contributed by atoms with E-state index < -0.39 is 0 Å². The maximum absolute atomic E-state index is 13.7. The molecule has 37 heavy (non-hydrogen) atoms. The third-order valence-corrected chi connectivity index (χ3v) is 6.68. The molecule has 1 N–H and O–H groups in total. The molecule has 188 valence electrons. The summed E-state index contributed by atoms with van der Waals surface area (Å²) in [5.74, 6) is 0.455. The number of hydrogen-bond donors (Lipinski definition) is 1. The van der Waals surface area contributed by atoms with Crippen LogP contribution in [-0.2, 0) is 6.54 Å². The monoisotopic (exact) mass is 495 g/mol. The molecule has 5 rings (SSSR count). The molecule has 3 aromatic heterocycles. The highest BCUT2D eigenvalue weighted by Gasteiger charge is 2.20. The van der Waals surface area contributed by atoms with Gasteiger partial charge in [0, 0.05) is 37.0 Å². The van der Waals surface area contributed by atoms with Crippen LogP contribution < -0.4 is 0 Å². The zero-order chi connectivity index (χ0) is 25.8. The number of hydrogen-bond acceptors (Lipinski definition) is 5. The smallest absolute Gasteiger partial charge is 0.138 e. The van der Waals surface area contributed by atoms with E-state index in [0.717, 1.165) is 51.8 Å². The van der Waals surface area contributed by atoms with Crippen LogP contribution in [0.3, 0.4) is 0 Å². The van der Waals surface area contributed by atoms with Gasteiger partial charge >= 0.3 is 0 Å². The van der Waals surface area contributed by atoms with Gasteiger partial charge in [-0.2, -0.15) is 0 Å². The third kappa shape index (κ3) is 5.28. The lowest BCUT2D eigenvalue weighted by molar-refractivity contribution is 0.197. The minimum atomic E-state index is -0.291. The van der Waals surface area contributed by atoms with E-state index in [9.17, 15) is 9.50 Å². The topological polar surface area (TPSA) is 66.5 Å². The number of halogens is 1. The van der Waals surface area contributed by atoms with Gasteiger partial charge in [0.15, 0.2) is 0 Å². The van der Waals surface area contributed by atoms with E-state index in [2.05, 4.69) is 48.0 Å². The van der Waals surface area contributed by atoms with Crippen molar-refractivity contribution < 1.29 is 9.50 Å². The number of nitrogens with zero attached hydrogens (tertiary/aromatic N) is 5. The fourth-order valence-corrected chi connectivity index (χ4v) is 4.59. The first-order valence-corrected chi connectivity index (χ1v) is 12.6. The second-order valence-electron chi connectivity index (χ2n) is 9.10. The Labute approximate surface area is 216 Å². The second-order valence-corrected chi connectivity index (χ2v) is 9.10. The Hall–Kier alpha value is -3.94. The number of benzene rings is 2. The highest BCUT2D eigenvalue weighted by Crippen LogP contribution is 2.33. The lowest BCUT2D eigenvalue weighted by atomic mass is 10.0. The molecule has 0 radical (unpaired) electrons. The molecule has 5 aromatic rings. The van der Waals surface area contributed by atoms with Gasteiger partial charge in [-0.05, 0) is 60.1 Å². The highest BCUT2D eigenvalue weighted by atomic mass is 19.1. The van der Waals surface area contributed by atoms with Crippen LogP contribution in [0.15, 0.2) is 85.2 Å². The molecule has 0 saturated heterocycles. The highest BCUT2D eigenvalue weighted by molar-refractivity contribution is 5.80. The van der Waals surface area contributed by atoms with Gasteiger partial charge in [0.05, 0.1) is 23.7 Å². The molecule has 7 heteroatoms. The Kier molecular flexibility index (Phi) is 7.35. The molecular weight excluding hydrogens is 465 g/mol. The van der Waals surface area contributed by atoms with Crippen molar-refractivity contribution in [2.75, 3.05) is 19.7 Å². The number of imidazole rings is 1. The molecule has 0 fully saturated rings. The number of likely N-dealkylation sites (N-methyl/N-ethyl adjacent to an activating group) is 1. The van der Waals surface area contributed by atoms with Crippen molar-refractivity contribution in [3.8, 4) is 22.6 Å². The third-order valence-electron chi connectivity index (χ3n) is 6.68. The zero-order valence-corrected chi connectivity index (χ0v) is 21.0. The summed E-state index contributed by atoms with van der Waals surface area (Å²) in [5, 5.41) is 9.37. The van der Waals surface area contributed by atoms with Gasteiger partial charge in [-0.15, -0.1) is 0 Å². The Morgan fingerprint density at radius 1 is 1.00 bits per heavy atom. The SMILES string of the molecule is CCN(CCO)Cc1ccn2c(-c3ccnc([C@@H](C)c4ccccc4)n3)c(-c3ccc(F)cc3)nc2c1. The minimum Gasteiger partial charge on any atom is -0.395 e. The molecule has 6 nitrogen and oxygen atoms in total. The molecule has 0 aliphatic heterocycles. The molecule has 2 aromatic carbocycles. The number of fused-ring (bicyclic) bond motifs is 1. The van der Waals surface area contributed by atoms with E-state index in [1.807, 2.05) is 34.9 Å². The molecule has 0 saturated carbocycles. The van der Waals surface area contributed by atoms with Crippen molar-refractivity contribution in [3.63, 3.8) is 0 Å². The lowest BCUT2D eigenvalue weighted by Gasteiger charge is -2.19. The predicted octanol–water partition coefficient (Wildman–Crippen LogP) is 5.56. The van der Waals surface area contributed by atoms with Gasteiger partial charge < -0.3 is 5.11 Å². The van der Waals surface area contributed by atoms with Crippen LogP contribution in [0, 0.1) is 5.82 Å². The van der Waals surface area contributed by atoms with Crippen molar-refractivity contribution in [2.24, 2.45) is 0 Å². The summed E-state index contributed by atoms with van der Waals surface area (Å²) in [7, 11) is 0. The molecule has 3 heterocycles. The summed E-state index contributed by atoms with van der Waals surface area (Å²) < 4.78 is 15.8. The standard InChI is InChI=1S/C30H30FN5O/c1-3-35(17-18-37)20-22-14-16-36-27(19-22)34-28(24-9-11-25(31)12-10-24)29(36)26-13-15-32-30(33-26)21(2)23-7-5-4-6-8-23/h4-16,19,21,37H,3,17-18,20H2,1-2H3/t21-/m0/s1. The summed E-state index contributed by atoms with van der Waals surface area (Å²) in [6.45, 7) is 6.48. The number of aliphatic hydroxyl groups is 1. The van der Waals surface area contributed by atoms with Crippen molar-refractivity contribution >= 4 is 5.65 Å². The maximum Gasteiger partial charge on any atom is 0.138 e. The van der Waals surface area contributed by atoms with E-state index in [1.165, 1.54) is 12.1 Å². The molecule has 0 unspecified atom stereocenters. The van der Waals surface area contributed by atoms with Gasteiger partial charge in [-0.1, -0.05) is 44.2 Å². The summed E-state index contributed by atoms with van der Waals surface area (Å²) in [6.07, 6.45) is 3.79. The average Bonchev–Trinajstić information content (AvgIpc) is 3.32. The summed E-state index contributed by atoms with van der Waals surface area (Å²) in [4.78, 5) is 16.7. The van der Waals surface area contributed by atoms with Crippen molar-refractivity contribution in [1.82, 2.24) is 24.3 Å². The quantitative estimate of drug-likeness (QED) is 0.290. The fraction of sp³-hybridized carbons (Fsp3) is 0.233. The second kappa shape index (κ2) is 11.0. The van der Waals surface area contributed by atoms with Crippen LogP contribution in [0.1, 0.15) is 36.7 Å². The van der Waals surface area contributed by atoms with Crippen LogP contribution in [-0.4, -0.2) is 49.1 Å². The molecule has 0 aliphatic carbocycles. The van der Waals surface area contributed by atoms with Gasteiger partial charge in [0.2, 0.25) is 0 Å². The van der Waals surface area contributed by atoms with E-state index in [0.29, 0.717) is 13.1 Å². The Morgan fingerprint density at radius 2 is 1.78 bits per heavy atom. The minimum absolute atomic E-state index is 0.0211. The van der Waals surface area contributed by atoms with Gasteiger partial charge in [0.25, 0.3) is 0 Å².